The number of hydrogen-bond acceptors (Lipinski definition) is 6. The van der Waals surface area contributed by atoms with E-state index in [4.69, 9.17) is 0 Å². The Hall–Kier alpha value is -3.69. The molecule has 1 amide bonds. The molecule has 9 nitrogen and oxygen atoms in total. The van der Waals surface area contributed by atoms with Gasteiger partial charge >= 0.3 is 0 Å². The highest BCUT2D eigenvalue weighted by molar-refractivity contribution is 6.03. The topological polar surface area (TPSA) is 106 Å². The summed E-state index contributed by atoms with van der Waals surface area (Å²) in [7, 11) is 0. The lowest BCUT2D eigenvalue weighted by Crippen LogP contribution is -2.50. The van der Waals surface area contributed by atoms with Gasteiger partial charge < -0.3 is 15.1 Å². The summed E-state index contributed by atoms with van der Waals surface area (Å²) < 4.78 is 0. The predicted molar refractivity (Wildman–Crippen MR) is 149 cm³/mol. The normalized spacial score (nSPS) is 18.0. The molecule has 0 spiro atoms. The highest BCUT2D eigenvalue weighted by Gasteiger charge is 2.28. The van der Waals surface area contributed by atoms with Gasteiger partial charge in [0.05, 0.1) is 23.0 Å². The van der Waals surface area contributed by atoms with E-state index in [2.05, 4.69) is 47.7 Å². The zero-order valence-corrected chi connectivity index (χ0v) is 21.4. The fourth-order valence-corrected chi connectivity index (χ4v) is 5.25. The first kappa shape index (κ1) is 25.0. The minimum absolute atomic E-state index is 0. The van der Waals surface area contributed by atoms with Crippen LogP contribution in [-0.4, -0.2) is 75.0 Å². The van der Waals surface area contributed by atoms with Crippen molar-refractivity contribution in [1.29, 1.82) is 0 Å². The zero-order valence-electron chi connectivity index (χ0n) is 20.6. The van der Waals surface area contributed by atoms with Crippen molar-refractivity contribution in [3.63, 3.8) is 0 Å². The summed E-state index contributed by atoms with van der Waals surface area (Å²) in [4.78, 5) is 22.0. The van der Waals surface area contributed by atoms with Crippen molar-refractivity contribution in [3.05, 3.63) is 60.2 Å². The molecule has 2 aliphatic rings. The molecule has 6 rings (SSSR count). The van der Waals surface area contributed by atoms with Gasteiger partial charge in [0.25, 0.3) is 0 Å². The first-order valence-corrected chi connectivity index (χ1v) is 12.6. The molecule has 0 bridgehead atoms. The molecule has 5 heterocycles. The van der Waals surface area contributed by atoms with Crippen LogP contribution < -0.4 is 10.2 Å². The van der Waals surface area contributed by atoms with Gasteiger partial charge in [-0.05, 0) is 37.1 Å². The number of carbonyl (C=O) groups excluding carboxylic acids is 1. The maximum Gasteiger partial charge on any atom is 0.224 e. The number of fused-ring (bicyclic) bond motifs is 1. The van der Waals surface area contributed by atoms with Gasteiger partial charge in [-0.2, -0.15) is 10.2 Å². The standard InChI is InChI=1S/C27H30N8O.ClH/c36-24(15-21-7-4-10-28-21)34-11-13-35(14-12-34)26-22(20-5-2-1-3-6-20)18-29-27-25(26)23(32-33-27)9-8-19-16-30-31-17-19;/h1-3,5-6,8-9,16-18,21,28H,4,7,10-15H2,(H,30,31)(H,29,32,33);1H/t21-;/m0./s1. The first-order valence-electron chi connectivity index (χ1n) is 12.6. The van der Waals surface area contributed by atoms with Gasteiger partial charge in [-0.25, -0.2) is 4.98 Å². The van der Waals surface area contributed by atoms with Gasteiger partial charge in [0.1, 0.15) is 0 Å². The molecule has 4 aromatic rings. The van der Waals surface area contributed by atoms with Crippen LogP contribution in [0.25, 0.3) is 34.3 Å². The van der Waals surface area contributed by atoms with Crippen molar-refractivity contribution >= 4 is 47.2 Å². The van der Waals surface area contributed by atoms with Crippen LogP contribution in [0, 0.1) is 0 Å². The van der Waals surface area contributed by atoms with Crippen LogP contribution in [0.2, 0.25) is 0 Å². The van der Waals surface area contributed by atoms with Crippen LogP contribution in [0.5, 0.6) is 0 Å². The number of nitrogens with zero attached hydrogens (tertiary/aromatic N) is 5. The average molecular weight is 519 g/mol. The van der Waals surface area contributed by atoms with E-state index in [1.807, 2.05) is 47.6 Å². The Morgan fingerprint density at radius 3 is 2.65 bits per heavy atom. The number of piperazine rings is 1. The second-order valence-corrected chi connectivity index (χ2v) is 9.45. The summed E-state index contributed by atoms with van der Waals surface area (Å²) in [6, 6.07) is 10.7. The molecule has 2 aliphatic heterocycles. The zero-order chi connectivity index (χ0) is 24.3. The number of rotatable bonds is 6. The van der Waals surface area contributed by atoms with Crippen LogP contribution in [0.3, 0.4) is 0 Å². The largest absolute Gasteiger partial charge is 0.367 e. The van der Waals surface area contributed by atoms with Gasteiger partial charge in [0.15, 0.2) is 5.65 Å². The number of benzene rings is 1. The average Bonchev–Trinajstić information content (AvgIpc) is 3.70. The Morgan fingerprint density at radius 2 is 1.92 bits per heavy atom. The molecule has 1 atom stereocenters. The molecule has 37 heavy (non-hydrogen) atoms. The number of hydrogen-bond donors (Lipinski definition) is 3. The second kappa shape index (κ2) is 11.1. The second-order valence-electron chi connectivity index (χ2n) is 9.45. The van der Waals surface area contributed by atoms with Gasteiger partial charge in [-0.15, -0.1) is 12.4 Å². The van der Waals surface area contributed by atoms with E-state index >= 15 is 0 Å². The predicted octanol–water partition coefficient (Wildman–Crippen LogP) is 3.73. The number of carbonyl (C=O) groups is 1. The fourth-order valence-electron chi connectivity index (χ4n) is 5.25. The number of halogens is 1. The lowest BCUT2D eigenvalue weighted by molar-refractivity contribution is -0.131. The Kier molecular flexibility index (Phi) is 7.52. The Labute approximate surface area is 221 Å². The molecule has 192 valence electrons. The third-order valence-corrected chi connectivity index (χ3v) is 7.16. The summed E-state index contributed by atoms with van der Waals surface area (Å²) in [5.74, 6) is 0.254. The van der Waals surface area contributed by atoms with E-state index in [1.165, 1.54) is 0 Å². The van der Waals surface area contributed by atoms with Gasteiger partial charge in [-0.1, -0.05) is 30.3 Å². The Balaban J connectivity index is 0.00000280. The van der Waals surface area contributed by atoms with Crippen molar-refractivity contribution in [2.75, 3.05) is 37.6 Å². The third-order valence-electron chi connectivity index (χ3n) is 7.16. The molecule has 10 heteroatoms. The monoisotopic (exact) mass is 518 g/mol. The van der Waals surface area contributed by atoms with Crippen LogP contribution in [0.15, 0.2) is 48.9 Å². The molecule has 3 N–H and O–H groups in total. The fraction of sp³-hybridized carbons (Fsp3) is 0.333. The minimum atomic E-state index is 0. The molecular weight excluding hydrogens is 488 g/mol. The number of H-pyrrole nitrogens is 2. The summed E-state index contributed by atoms with van der Waals surface area (Å²) in [6.45, 7) is 3.97. The smallest absolute Gasteiger partial charge is 0.224 e. The van der Waals surface area contributed by atoms with Gasteiger partial charge in [-0.3, -0.25) is 15.0 Å². The Bertz CT molecular complexity index is 1350. The molecule has 0 saturated carbocycles. The number of aromatic nitrogens is 5. The lowest BCUT2D eigenvalue weighted by atomic mass is 10.0. The quantitative estimate of drug-likeness (QED) is 0.359. The van der Waals surface area contributed by atoms with Gasteiger partial charge in [0, 0.05) is 62.2 Å². The highest BCUT2D eigenvalue weighted by atomic mass is 35.5. The van der Waals surface area contributed by atoms with Crippen molar-refractivity contribution < 1.29 is 4.79 Å². The Morgan fingerprint density at radius 1 is 1.08 bits per heavy atom. The highest BCUT2D eigenvalue weighted by Crippen LogP contribution is 2.38. The van der Waals surface area contributed by atoms with Crippen LogP contribution in [0.4, 0.5) is 5.69 Å². The molecular formula is C27H31ClN8O. The van der Waals surface area contributed by atoms with Crippen molar-refractivity contribution in [2.45, 2.75) is 25.3 Å². The van der Waals surface area contributed by atoms with Crippen LogP contribution in [-0.2, 0) is 4.79 Å². The number of anilines is 1. The number of aromatic amines is 2. The summed E-state index contributed by atoms with van der Waals surface area (Å²) in [6.07, 6.45) is 12.4. The molecule has 2 saturated heterocycles. The van der Waals surface area contributed by atoms with Crippen molar-refractivity contribution in [2.24, 2.45) is 0 Å². The molecule has 1 aromatic carbocycles. The molecule has 0 unspecified atom stereocenters. The molecule has 3 aromatic heterocycles. The van der Waals surface area contributed by atoms with Crippen LogP contribution >= 0.6 is 12.4 Å². The summed E-state index contributed by atoms with van der Waals surface area (Å²) >= 11 is 0. The van der Waals surface area contributed by atoms with E-state index in [1.54, 1.807) is 6.20 Å². The summed E-state index contributed by atoms with van der Waals surface area (Å²) in [5, 5.41) is 19.0. The summed E-state index contributed by atoms with van der Waals surface area (Å²) in [5.41, 5.74) is 5.85. The molecule has 0 radical (unpaired) electrons. The van der Waals surface area contributed by atoms with Crippen LogP contribution in [0.1, 0.15) is 30.5 Å². The van der Waals surface area contributed by atoms with Crippen molar-refractivity contribution in [1.82, 2.24) is 35.6 Å². The molecule has 0 aliphatic carbocycles. The number of pyridine rings is 1. The first-order chi connectivity index (χ1) is 17.8. The minimum Gasteiger partial charge on any atom is -0.367 e. The van der Waals surface area contributed by atoms with E-state index in [0.29, 0.717) is 31.2 Å². The van der Waals surface area contributed by atoms with E-state index in [-0.39, 0.29) is 18.3 Å². The number of nitrogens with one attached hydrogen (secondary N) is 3. The van der Waals surface area contributed by atoms with Crippen molar-refractivity contribution in [3.8, 4) is 11.1 Å². The van der Waals surface area contributed by atoms with Gasteiger partial charge in [0.2, 0.25) is 5.91 Å². The molecule has 2 fully saturated rings. The SMILES string of the molecule is Cl.O=C(C[C@@H]1CCCN1)N1CCN(c2c(-c3ccccc3)cnc3n[nH]c(C=Cc4cn[nH]c4)c23)CC1. The van der Waals surface area contributed by atoms with E-state index in [9.17, 15) is 4.79 Å². The maximum absolute atomic E-state index is 12.9. The lowest BCUT2D eigenvalue weighted by Gasteiger charge is -2.37. The maximum atomic E-state index is 12.9. The van der Waals surface area contributed by atoms with E-state index < -0.39 is 0 Å². The number of amides is 1. The van der Waals surface area contributed by atoms with E-state index in [0.717, 1.165) is 65.9 Å². The third kappa shape index (κ3) is 5.23.